The van der Waals surface area contributed by atoms with Crippen LogP contribution in [0.1, 0.15) is 37.2 Å². The minimum Gasteiger partial charge on any atom is -0.337 e. The molecular formula is C15H19N3O2. The summed E-state index contributed by atoms with van der Waals surface area (Å²) in [5.74, 6) is -0.170. The lowest BCUT2D eigenvalue weighted by molar-refractivity contribution is 0.0751. The number of H-pyrrole nitrogens is 1. The number of benzene rings is 1. The maximum Gasteiger partial charge on any atom is 0.346 e. The Balaban J connectivity index is 2.50. The van der Waals surface area contributed by atoms with E-state index in [0.717, 1.165) is 12.8 Å². The van der Waals surface area contributed by atoms with Gasteiger partial charge in [-0.25, -0.2) is 4.79 Å². The lowest BCUT2D eigenvalue weighted by Crippen LogP contribution is -2.34. The Morgan fingerprint density at radius 3 is 2.50 bits per heavy atom. The zero-order valence-electron chi connectivity index (χ0n) is 11.8. The maximum atomic E-state index is 12.6. The van der Waals surface area contributed by atoms with E-state index >= 15 is 0 Å². The summed E-state index contributed by atoms with van der Waals surface area (Å²) in [6.45, 7) is 5.41. The Morgan fingerprint density at radius 2 is 1.85 bits per heavy atom. The van der Waals surface area contributed by atoms with Crippen molar-refractivity contribution in [1.29, 1.82) is 0 Å². The summed E-state index contributed by atoms with van der Waals surface area (Å²) in [4.78, 5) is 32.5. The van der Waals surface area contributed by atoms with Crippen LogP contribution in [0.5, 0.6) is 0 Å². The zero-order valence-corrected chi connectivity index (χ0v) is 11.8. The van der Waals surface area contributed by atoms with Crippen molar-refractivity contribution in [3.63, 3.8) is 0 Å². The molecule has 0 bridgehead atoms. The van der Waals surface area contributed by atoms with Gasteiger partial charge < -0.3 is 9.88 Å². The number of para-hydroxylation sites is 1. The van der Waals surface area contributed by atoms with Gasteiger partial charge in [-0.1, -0.05) is 32.0 Å². The number of hydrogen-bond donors (Lipinski definition) is 1. The first-order chi connectivity index (χ1) is 9.67. The largest absolute Gasteiger partial charge is 0.346 e. The third-order valence-corrected chi connectivity index (χ3v) is 3.11. The van der Waals surface area contributed by atoms with Crippen LogP contribution in [0.25, 0.3) is 10.9 Å². The minimum atomic E-state index is -0.486. The summed E-state index contributed by atoms with van der Waals surface area (Å²) < 4.78 is 0. The molecule has 0 saturated carbocycles. The highest BCUT2D eigenvalue weighted by Crippen LogP contribution is 2.15. The topological polar surface area (TPSA) is 66.1 Å². The van der Waals surface area contributed by atoms with Gasteiger partial charge in [0.1, 0.15) is 5.69 Å². The van der Waals surface area contributed by atoms with Crippen molar-refractivity contribution in [1.82, 2.24) is 14.9 Å². The molecule has 2 aromatic rings. The van der Waals surface area contributed by atoms with Crippen LogP contribution in [0, 0.1) is 0 Å². The first-order valence-corrected chi connectivity index (χ1v) is 6.95. The molecule has 5 nitrogen and oxygen atoms in total. The van der Waals surface area contributed by atoms with Crippen molar-refractivity contribution in [3.05, 3.63) is 40.4 Å². The average molecular weight is 273 g/mol. The van der Waals surface area contributed by atoms with Gasteiger partial charge in [0.15, 0.2) is 0 Å². The fourth-order valence-electron chi connectivity index (χ4n) is 2.27. The molecule has 0 saturated heterocycles. The Kier molecular flexibility index (Phi) is 4.50. The molecular weight excluding hydrogens is 254 g/mol. The molecule has 1 N–H and O–H groups in total. The second kappa shape index (κ2) is 6.32. The van der Waals surface area contributed by atoms with E-state index in [1.165, 1.54) is 0 Å². The predicted molar refractivity (Wildman–Crippen MR) is 78.8 cm³/mol. The lowest BCUT2D eigenvalue weighted by Gasteiger charge is -2.21. The number of nitrogens with zero attached hydrogens (tertiary/aromatic N) is 2. The number of nitrogens with one attached hydrogen (secondary N) is 1. The first kappa shape index (κ1) is 14.2. The van der Waals surface area contributed by atoms with Crippen molar-refractivity contribution in [2.45, 2.75) is 26.7 Å². The molecule has 0 spiro atoms. The van der Waals surface area contributed by atoms with Gasteiger partial charge in [-0.2, -0.15) is 4.98 Å². The molecule has 0 aliphatic rings. The number of rotatable bonds is 5. The third kappa shape index (κ3) is 2.87. The van der Waals surface area contributed by atoms with Gasteiger partial charge in [0.05, 0.1) is 5.52 Å². The van der Waals surface area contributed by atoms with Gasteiger partial charge >= 0.3 is 5.69 Å². The van der Waals surface area contributed by atoms with Gasteiger partial charge in [-0.05, 0) is 18.9 Å². The van der Waals surface area contributed by atoms with Crippen molar-refractivity contribution < 1.29 is 4.79 Å². The molecule has 0 aliphatic carbocycles. The Hall–Kier alpha value is -2.17. The highest BCUT2D eigenvalue weighted by atomic mass is 16.2. The van der Waals surface area contributed by atoms with Crippen LogP contribution in [0.2, 0.25) is 0 Å². The van der Waals surface area contributed by atoms with Crippen molar-refractivity contribution in [2.24, 2.45) is 0 Å². The van der Waals surface area contributed by atoms with Crippen LogP contribution in [0.3, 0.4) is 0 Å². The standard InChI is InChI=1S/C15H19N3O2/c1-3-9-18(10-4-2)14(19)13-11-7-5-6-8-12(11)16-15(20)17-13/h5-8H,3-4,9-10H2,1-2H3,(H,16,17,20). The molecule has 0 aliphatic heterocycles. The van der Waals surface area contributed by atoms with Crippen LogP contribution in [-0.2, 0) is 0 Å². The molecule has 0 unspecified atom stereocenters. The number of carbonyl (C=O) groups excluding carboxylic acids is 1. The van der Waals surface area contributed by atoms with E-state index in [4.69, 9.17) is 0 Å². The molecule has 0 radical (unpaired) electrons. The van der Waals surface area contributed by atoms with E-state index in [9.17, 15) is 9.59 Å². The number of amides is 1. The van der Waals surface area contributed by atoms with E-state index in [1.54, 1.807) is 11.0 Å². The van der Waals surface area contributed by atoms with E-state index in [1.807, 2.05) is 32.0 Å². The third-order valence-electron chi connectivity index (χ3n) is 3.11. The highest BCUT2D eigenvalue weighted by Gasteiger charge is 2.19. The molecule has 1 amide bonds. The van der Waals surface area contributed by atoms with E-state index in [2.05, 4.69) is 9.97 Å². The summed E-state index contributed by atoms with van der Waals surface area (Å²) in [7, 11) is 0. The monoisotopic (exact) mass is 273 g/mol. The Labute approximate surface area is 117 Å². The molecule has 0 fully saturated rings. The van der Waals surface area contributed by atoms with Crippen molar-refractivity contribution >= 4 is 16.8 Å². The van der Waals surface area contributed by atoms with Crippen LogP contribution < -0.4 is 5.69 Å². The van der Waals surface area contributed by atoms with E-state index < -0.39 is 5.69 Å². The normalized spacial score (nSPS) is 10.7. The average Bonchev–Trinajstić information content (AvgIpc) is 2.45. The van der Waals surface area contributed by atoms with Gasteiger partial charge in [0.25, 0.3) is 5.91 Å². The fraction of sp³-hybridized carbons (Fsp3) is 0.400. The summed E-state index contributed by atoms with van der Waals surface area (Å²) in [5.41, 5.74) is 0.398. The van der Waals surface area contributed by atoms with Crippen LogP contribution >= 0.6 is 0 Å². The van der Waals surface area contributed by atoms with Gasteiger partial charge in [0.2, 0.25) is 0 Å². The number of carbonyl (C=O) groups is 1. The van der Waals surface area contributed by atoms with Crippen LogP contribution in [0.15, 0.2) is 29.1 Å². The summed E-state index contributed by atoms with van der Waals surface area (Å²) >= 11 is 0. The van der Waals surface area contributed by atoms with E-state index in [0.29, 0.717) is 24.0 Å². The smallest absolute Gasteiger partial charge is 0.337 e. The quantitative estimate of drug-likeness (QED) is 0.908. The minimum absolute atomic E-state index is 0.170. The molecule has 1 heterocycles. The Bertz CT molecular complexity index is 657. The Morgan fingerprint density at radius 1 is 1.20 bits per heavy atom. The summed E-state index contributed by atoms with van der Waals surface area (Å²) in [6.07, 6.45) is 1.76. The molecule has 20 heavy (non-hydrogen) atoms. The number of fused-ring (bicyclic) bond motifs is 1. The molecule has 1 aromatic carbocycles. The van der Waals surface area contributed by atoms with Crippen molar-refractivity contribution in [3.8, 4) is 0 Å². The molecule has 1 aromatic heterocycles. The second-order valence-corrected chi connectivity index (χ2v) is 4.73. The van der Waals surface area contributed by atoms with Crippen molar-refractivity contribution in [2.75, 3.05) is 13.1 Å². The number of hydrogen-bond acceptors (Lipinski definition) is 3. The molecule has 5 heteroatoms. The predicted octanol–water partition coefficient (Wildman–Crippen LogP) is 2.19. The maximum absolute atomic E-state index is 12.6. The molecule has 2 rings (SSSR count). The highest BCUT2D eigenvalue weighted by molar-refractivity contribution is 6.04. The molecule has 106 valence electrons. The lowest BCUT2D eigenvalue weighted by atomic mass is 10.1. The molecule has 0 atom stereocenters. The number of aromatic nitrogens is 2. The van der Waals surface area contributed by atoms with E-state index in [-0.39, 0.29) is 11.6 Å². The van der Waals surface area contributed by atoms with Gasteiger partial charge in [-0.15, -0.1) is 0 Å². The fourth-order valence-corrected chi connectivity index (χ4v) is 2.27. The zero-order chi connectivity index (χ0) is 14.5. The van der Waals surface area contributed by atoms with Gasteiger partial charge in [0, 0.05) is 18.5 Å². The second-order valence-electron chi connectivity index (χ2n) is 4.73. The first-order valence-electron chi connectivity index (χ1n) is 6.95. The van der Waals surface area contributed by atoms with Crippen LogP contribution in [0.4, 0.5) is 0 Å². The van der Waals surface area contributed by atoms with Gasteiger partial charge in [-0.3, -0.25) is 4.79 Å². The SMILES string of the molecule is CCCN(CCC)C(=O)c1nc(=O)[nH]c2ccccc12. The summed E-state index contributed by atoms with van der Waals surface area (Å²) in [5, 5.41) is 0.689. The van der Waals surface area contributed by atoms with Crippen LogP contribution in [-0.4, -0.2) is 33.9 Å². The summed E-state index contributed by atoms with van der Waals surface area (Å²) in [6, 6.07) is 7.24. The number of aromatic amines is 1.